The average Bonchev–Trinajstić information content (AvgIpc) is 2.37. The van der Waals surface area contributed by atoms with E-state index in [9.17, 15) is 9.59 Å². The molecule has 2 atom stereocenters. The summed E-state index contributed by atoms with van der Waals surface area (Å²) in [6, 6.07) is 5.62. The quantitative estimate of drug-likeness (QED) is 0.777. The molecule has 5 nitrogen and oxygen atoms in total. The van der Waals surface area contributed by atoms with Gasteiger partial charge >= 0.3 is 12.0 Å². The lowest BCUT2D eigenvalue weighted by Gasteiger charge is -2.20. The smallest absolute Gasteiger partial charge is 0.326 e. The van der Waals surface area contributed by atoms with E-state index in [1.165, 1.54) is 0 Å². The first-order valence-electron chi connectivity index (χ1n) is 6.00. The standard InChI is InChI=1S/C13H17BrN2O3/c1-3-8(2)11(12(17)18)16-13(19)15-10-6-4-9(14)5-7-10/h4-8,11H,3H2,1-2H3,(H,17,18)(H2,15,16,19). The van der Waals surface area contributed by atoms with Gasteiger partial charge in [-0.2, -0.15) is 0 Å². The summed E-state index contributed by atoms with van der Waals surface area (Å²) in [6.45, 7) is 3.67. The van der Waals surface area contributed by atoms with Crippen LogP contribution in [0.2, 0.25) is 0 Å². The highest BCUT2D eigenvalue weighted by atomic mass is 79.9. The third kappa shape index (κ3) is 4.90. The van der Waals surface area contributed by atoms with E-state index in [1.807, 2.05) is 6.92 Å². The van der Waals surface area contributed by atoms with Crippen LogP contribution in [0.3, 0.4) is 0 Å². The minimum atomic E-state index is -1.03. The maximum absolute atomic E-state index is 11.7. The highest BCUT2D eigenvalue weighted by Crippen LogP contribution is 2.14. The molecular formula is C13H17BrN2O3. The molecule has 0 aliphatic heterocycles. The van der Waals surface area contributed by atoms with Gasteiger partial charge in [-0.3, -0.25) is 0 Å². The van der Waals surface area contributed by atoms with E-state index in [-0.39, 0.29) is 5.92 Å². The Labute approximate surface area is 120 Å². The Balaban J connectivity index is 2.62. The molecule has 0 aromatic heterocycles. The summed E-state index contributed by atoms with van der Waals surface area (Å²) in [5.74, 6) is -1.16. The van der Waals surface area contributed by atoms with Crippen molar-refractivity contribution in [1.82, 2.24) is 5.32 Å². The van der Waals surface area contributed by atoms with Crippen LogP contribution in [0.4, 0.5) is 10.5 Å². The number of hydrogen-bond acceptors (Lipinski definition) is 2. The van der Waals surface area contributed by atoms with Crippen molar-refractivity contribution < 1.29 is 14.7 Å². The maximum Gasteiger partial charge on any atom is 0.326 e. The Kier molecular flexibility index (Phi) is 5.82. The molecule has 1 rings (SSSR count). The molecule has 0 spiro atoms. The molecule has 0 fully saturated rings. The number of carboxylic acids is 1. The fraction of sp³-hybridized carbons (Fsp3) is 0.385. The Morgan fingerprint density at radius 3 is 2.37 bits per heavy atom. The van der Waals surface area contributed by atoms with Crippen LogP contribution in [0.15, 0.2) is 28.7 Å². The predicted molar refractivity (Wildman–Crippen MR) is 77.2 cm³/mol. The molecule has 6 heteroatoms. The summed E-state index contributed by atoms with van der Waals surface area (Å²) < 4.78 is 0.904. The van der Waals surface area contributed by atoms with Crippen LogP contribution in [-0.2, 0) is 4.79 Å². The van der Waals surface area contributed by atoms with Gasteiger partial charge < -0.3 is 15.7 Å². The normalized spacial score (nSPS) is 13.4. The lowest BCUT2D eigenvalue weighted by atomic mass is 9.99. The number of halogens is 1. The lowest BCUT2D eigenvalue weighted by molar-refractivity contribution is -0.140. The Morgan fingerprint density at radius 1 is 1.32 bits per heavy atom. The Bertz CT molecular complexity index is 448. The largest absolute Gasteiger partial charge is 0.480 e. The minimum Gasteiger partial charge on any atom is -0.480 e. The van der Waals surface area contributed by atoms with Crippen LogP contribution in [0.5, 0.6) is 0 Å². The molecule has 2 amide bonds. The topological polar surface area (TPSA) is 78.4 Å². The number of benzene rings is 1. The van der Waals surface area contributed by atoms with Gasteiger partial charge in [0.05, 0.1) is 0 Å². The summed E-state index contributed by atoms with van der Waals surface area (Å²) in [7, 11) is 0. The SMILES string of the molecule is CCC(C)C(NC(=O)Nc1ccc(Br)cc1)C(=O)O. The summed E-state index contributed by atoms with van der Waals surface area (Å²) in [5, 5.41) is 14.1. The molecule has 19 heavy (non-hydrogen) atoms. The summed E-state index contributed by atoms with van der Waals surface area (Å²) in [6.07, 6.45) is 0.676. The number of hydrogen-bond donors (Lipinski definition) is 3. The van der Waals surface area contributed by atoms with E-state index in [0.717, 1.165) is 4.47 Å². The number of carbonyl (C=O) groups is 2. The highest BCUT2D eigenvalue weighted by molar-refractivity contribution is 9.10. The number of nitrogens with one attached hydrogen (secondary N) is 2. The number of urea groups is 1. The molecule has 2 unspecified atom stereocenters. The van der Waals surface area contributed by atoms with Crippen LogP contribution < -0.4 is 10.6 Å². The van der Waals surface area contributed by atoms with Gasteiger partial charge in [0, 0.05) is 10.2 Å². The number of anilines is 1. The number of amides is 2. The Hall–Kier alpha value is -1.56. The van der Waals surface area contributed by atoms with Gasteiger partial charge in [0.1, 0.15) is 6.04 Å². The lowest BCUT2D eigenvalue weighted by Crippen LogP contribution is -2.46. The van der Waals surface area contributed by atoms with Crippen LogP contribution in [0, 0.1) is 5.92 Å². The second-order valence-corrected chi connectivity index (χ2v) is 5.22. The van der Waals surface area contributed by atoms with E-state index < -0.39 is 18.0 Å². The van der Waals surface area contributed by atoms with E-state index in [0.29, 0.717) is 12.1 Å². The van der Waals surface area contributed by atoms with Crippen LogP contribution >= 0.6 is 15.9 Å². The van der Waals surface area contributed by atoms with Crippen LogP contribution in [0.1, 0.15) is 20.3 Å². The van der Waals surface area contributed by atoms with Crippen molar-refractivity contribution in [2.75, 3.05) is 5.32 Å². The molecular weight excluding hydrogens is 312 g/mol. The second-order valence-electron chi connectivity index (χ2n) is 4.31. The first-order chi connectivity index (χ1) is 8.93. The molecule has 104 valence electrons. The molecule has 0 aliphatic rings. The number of carboxylic acid groups (broad SMARTS) is 1. The monoisotopic (exact) mass is 328 g/mol. The van der Waals surface area contributed by atoms with Gasteiger partial charge in [-0.05, 0) is 30.2 Å². The molecule has 0 aliphatic carbocycles. The Morgan fingerprint density at radius 2 is 1.89 bits per heavy atom. The van der Waals surface area contributed by atoms with E-state index in [1.54, 1.807) is 31.2 Å². The zero-order valence-electron chi connectivity index (χ0n) is 10.8. The second kappa shape index (κ2) is 7.13. The van der Waals surface area contributed by atoms with Crippen molar-refractivity contribution in [1.29, 1.82) is 0 Å². The zero-order chi connectivity index (χ0) is 14.4. The summed E-state index contributed by atoms with van der Waals surface area (Å²) in [5.41, 5.74) is 0.606. The van der Waals surface area contributed by atoms with Gasteiger partial charge in [-0.1, -0.05) is 36.2 Å². The third-order valence-corrected chi connectivity index (χ3v) is 3.40. The molecule has 0 heterocycles. The van der Waals surface area contributed by atoms with Gasteiger partial charge in [0.25, 0.3) is 0 Å². The molecule has 0 saturated heterocycles. The average molecular weight is 329 g/mol. The third-order valence-electron chi connectivity index (χ3n) is 2.87. The van der Waals surface area contributed by atoms with E-state index in [2.05, 4.69) is 26.6 Å². The first-order valence-corrected chi connectivity index (χ1v) is 6.79. The van der Waals surface area contributed by atoms with Crippen molar-refractivity contribution in [3.05, 3.63) is 28.7 Å². The highest BCUT2D eigenvalue weighted by Gasteiger charge is 2.25. The summed E-state index contributed by atoms with van der Waals surface area (Å²) >= 11 is 3.29. The zero-order valence-corrected chi connectivity index (χ0v) is 12.4. The van der Waals surface area contributed by atoms with Crippen molar-refractivity contribution in [2.24, 2.45) is 5.92 Å². The molecule has 3 N–H and O–H groups in total. The number of carbonyl (C=O) groups excluding carboxylic acids is 1. The fourth-order valence-corrected chi connectivity index (χ4v) is 1.79. The van der Waals surface area contributed by atoms with Gasteiger partial charge in [0.2, 0.25) is 0 Å². The van der Waals surface area contributed by atoms with Gasteiger partial charge in [-0.15, -0.1) is 0 Å². The van der Waals surface area contributed by atoms with Crippen LogP contribution in [0.25, 0.3) is 0 Å². The first kappa shape index (κ1) is 15.5. The molecule has 0 bridgehead atoms. The van der Waals surface area contributed by atoms with Crippen molar-refractivity contribution in [2.45, 2.75) is 26.3 Å². The van der Waals surface area contributed by atoms with E-state index in [4.69, 9.17) is 5.11 Å². The van der Waals surface area contributed by atoms with Crippen LogP contribution in [-0.4, -0.2) is 23.1 Å². The van der Waals surface area contributed by atoms with Gasteiger partial charge in [0.15, 0.2) is 0 Å². The van der Waals surface area contributed by atoms with Crippen molar-refractivity contribution in [3.8, 4) is 0 Å². The molecule has 0 saturated carbocycles. The fourth-order valence-electron chi connectivity index (χ4n) is 1.52. The molecule has 0 radical (unpaired) electrons. The predicted octanol–water partition coefficient (Wildman–Crippen LogP) is 3.07. The van der Waals surface area contributed by atoms with Crippen molar-refractivity contribution >= 4 is 33.6 Å². The van der Waals surface area contributed by atoms with E-state index >= 15 is 0 Å². The number of aliphatic carboxylic acids is 1. The number of rotatable bonds is 5. The molecule has 1 aromatic rings. The van der Waals surface area contributed by atoms with Gasteiger partial charge in [-0.25, -0.2) is 9.59 Å². The maximum atomic E-state index is 11.7. The summed E-state index contributed by atoms with van der Waals surface area (Å²) in [4.78, 5) is 22.8. The van der Waals surface area contributed by atoms with Crippen molar-refractivity contribution in [3.63, 3.8) is 0 Å². The molecule has 1 aromatic carbocycles. The minimum absolute atomic E-state index is 0.131.